The fraction of sp³-hybridized carbons (Fsp3) is 0.0833. The molecule has 17 heavy (non-hydrogen) atoms. The minimum atomic E-state index is -0.157. The van der Waals surface area contributed by atoms with Crippen molar-refractivity contribution in [3.63, 3.8) is 0 Å². The topological polar surface area (TPSA) is 55.1 Å². The van der Waals surface area contributed by atoms with Crippen molar-refractivity contribution in [1.82, 2.24) is 5.32 Å². The number of carbonyl (C=O) groups is 1. The van der Waals surface area contributed by atoms with Crippen LogP contribution in [0.25, 0.3) is 10.1 Å². The summed E-state index contributed by atoms with van der Waals surface area (Å²) >= 11 is 4.84. The number of carbonyl (C=O) groups excluding carboxylic acids is 1. The van der Waals surface area contributed by atoms with E-state index in [-0.39, 0.29) is 5.91 Å². The maximum Gasteiger partial charge on any atom is 0.263 e. The summed E-state index contributed by atoms with van der Waals surface area (Å²) in [5, 5.41) is 3.63. The fourth-order valence-electron chi connectivity index (χ4n) is 1.54. The van der Waals surface area contributed by atoms with Crippen LogP contribution in [0.2, 0.25) is 0 Å². The summed E-state index contributed by atoms with van der Waals surface area (Å²) in [6.45, 7) is 3.99. The third-order valence-electron chi connectivity index (χ3n) is 2.31. The lowest BCUT2D eigenvalue weighted by atomic mass is 10.2. The van der Waals surface area contributed by atoms with Crippen LogP contribution in [0.4, 0.5) is 5.69 Å². The van der Waals surface area contributed by atoms with Gasteiger partial charge in [0, 0.05) is 21.1 Å². The normalized spacial score (nSPS) is 10.4. The zero-order valence-corrected chi connectivity index (χ0v) is 11.4. The van der Waals surface area contributed by atoms with E-state index in [1.54, 1.807) is 6.08 Å². The van der Waals surface area contributed by atoms with Gasteiger partial charge in [0.1, 0.15) is 4.88 Å². The predicted octanol–water partition coefficient (Wildman–Crippen LogP) is 3.16. The summed E-state index contributed by atoms with van der Waals surface area (Å²) in [4.78, 5) is 12.4. The third-order valence-corrected chi connectivity index (χ3v) is 4.14. The standard InChI is InChI=1S/C12H11BrN2OS/c1-2-6-15-12(16)11-10(14)9-7(13)4-3-5-8(9)17-11/h2-5H,1,6,14H2,(H,15,16). The van der Waals surface area contributed by atoms with Crippen molar-refractivity contribution in [3.05, 3.63) is 40.2 Å². The van der Waals surface area contributed by atoms with Crippen LogP contribution in [-0.4, -0.2) is 12.5 Å². The van der Waals surface area contributed by atoms with Gasteiger partial charge in [-0.1, -0.05) is 28.1 Å². The molecule has 0 spiro atoms. The molecule has 3 nitrogen and oxygen atoms in total. The average molecular weight is 311 g/mol. The van der Waals surface area contributed by atoms with E-state index >= 15 is 0 Å². The lowest BCUT2D eigenvalue weighted by Gasteiger charge is -2.00. The van der Waals surface area contributed by atoms with E-state index in [4.69, 9.17) is 5.73 Å². The van der Waals surface area contributed by atoms with Gasteiger partial charge < -0.3 is 11.1 Å². The molecule has 0 aliphatic rings. The van der Waals surface area contributed by atoms with E-state index in [9.17, 15) is 4.79 Å². The van der Waals surface area contributed by atoms with Crippen LogP contribution in [0, 0.1) is 0 Å². The largest absolute Gasteiger partial charge is 0.397 e. The molecule has 1 aromatic heterocycles. The summed E-state index contributed by atoms with van der Waals surface area (Å²) < 4.78 is 1.91. The number of nitrogens with two attached hydrogens (primary N) is 1. The first-order valence-electron chi connectivity index (χ1n) is 5.00. The molecule has 0 atom stereocenters. The highest BCUT2D eigenvalue weighted by Gasteiger charge is 2.17. The lowest BCUT2D eigenvalue weighted by Crippen LogP contribution is -2.22. The zero-order valence-electron chi connectivity index (χ0n) is 9.00. The predicted molar refractivity (Wildman–Crippen MR) is 76.5 cm³/mol. The molecule has 1 amide bonds. The van der Waals surface area contributed by atoms with Gasteiger partial charge in [0.25, 0.3) is 5.91 Å². The van der Waals surface area contributed by atoms with Crippen LogP contribution in [-0.2, 0) is 0 Å². The molecule has 0 saturated heterocycles. The molecule has 0 aliphatic heterocycles. The van der Waals surface area contributed by atoms with Gasteiger partial charge in [-0.2, -0.15) is 0 Å². The van der Waals surface area contributed by atoms with Crippen molar-refractivity contribution in [3.8, 4) is 0 Å². The number of rotatable bonds is 3. The highest BCUT2D eigenvalue weighted by Crippen LogP contribution is 2.37. The lowest BCUT2D eigenvalue weighted by molar-refractivity contribution is 0.0963. The van der Waals surface area contributed by atoms with Gasteiger partial charge in [-0.25, -0.2) is 0 Å². The SMILES string of the molecule is C=CCNC(=O)c1sc2cccc(Br)c2c1N. The smallest absolute Gasteiger partial charge is 0.263 e. The van der Waals surface area contributed by atoms with Crippen LogP contribution >= 0.6 is 27.3 Å². The Hall–Kier alpha value is -1.33. The Kier molecular flexibility index (Phi) is 3.49. The van der Waals surface area contributed by atoms with Gasteiger partial charge in [-0.3, -0.25) is 4.79 Å². The summed E-state index contributed by atoms with van der Waals surface area (Å²) in [6, 6.07) is 5.79. The first kappa shape index (κ1) is 12.1. The highest BCUT2D eigenvalue weighted by atomic mass is 79.9. The Morgan fingerprint density at radius 2 is 2.35 bits per heavy atom. The summed E-state index contributed by atoms with van der Waals surface area (Å²) in [7, 11) is 0. The average Bonchev–Trinajstić information content (AvgIpc) is 2.65. The van der Waals surface area contributed by atoms with Crippen molar-refractivity contribution >= 4 is 48.9 Å². The fourth-order valence-corrected chi connectivity index (χ4v) is 3.32. The number of thiophene rings is 1. The second kappa shape index (κ2) is 4.89. The number of anilines is 1. The molecule has 88 valence electrons. The molecular formula is C12H11BrN2OS. The maximum atomic E-state index is 11.9. The van der Waals surface area contributed by atoms with E-state index < -0.39 is 0 Å². The number of hydrogen-bond acceptors (Lipinski definition) is 3. The first-order chi connectivity index (χ1) is 8.15. The number of nitrogens with one attached hydrogen (secondary N) is 1. The van der Waals surface area contributed by atoms with E-state index in [2.05, 4.69) is 27.8 Å². The van der Waals surface area contributed by atoms with Crippen molar-refractivity contribution in [2.45, 2.75) is 0 Å². The van der Waals surface area contributed by atoms with Gasteiger partial charge in [-0.05, 0) is 12.1 Å². The number of benzene rings is 1. The Morgan fingerprint density at radius 1 is 1.59 bits per heavy atom. The van der Waals surface area contributed by atoms with Gasteiger partial charge in [0.15, 0.2) is 0 Å². The minimum Gasteiger partial charge on any atom is -0.397 e. The van der Waals surface area contributed by atoms with Crippen LogP contribution in [0.1, 0.15) is 9.67 Å². The van der Waals surface area contributed by atoms with Gasteiger partial charge in [0.2, 0.25) is 0 Å². The number of hydrogen-bond donors (Lipinski definition) is 2. The molecule has 0 radical (unpaired) electrons. The van der Waals surface area contributed by atoms with E-state index in [1.165, 1.54) is 11.3 Å². The Bertz CT molecular complexity index is 591. The second-order valence-corrected chi connectivity index (χ2v) is 5.36. The third kappa shape index (κ3) is 2.21. The van der Waals surface area contributed by atoms with Gasteiger partial charge >= 0.3 is 0 Å². The molecule has 0 fully saturated rings. The molecule has 2 rings (SSSR count). The molecule has 0 unspecified atom stereocenters. The van der Waals surface area contributed by atoms with E-state index in [0.29, 0.717) is 17.1 Å². The quantitative estimate of drug-likeness (QED) is 0.856. The Labute approximate surface area is 111 Å². The van der Waals surface area contributed by atoms with Gasteiger partial charge in [0.05, 0.1) is 5.69 Å². The van der Waals surface area contributed by atoms with Crippen LogP contribution < -0.4 is 11.1 Å². The molecule has 0 bridgehead atoms. The molecule has 2 aromatic rings. The molecule has 0 aliphatic carbocycles. The molecule has 5 heteroatoms. The van der Waals surface area contributed by atoms with Crippen LogP contribution in [0.5, 0.6) is 0 Å². The van der Waals surface area contributed by atoms with Gasteiger partial charge in [-0.15, -0.1) is 17.9 Å². The van der Waals surface area contributed by atoms with Crippen molar-refractivity contribution in [1.29, 1.82) is 0 Å². The molecule has 0 saturated carbocycles. The van der Waals surface area contributed by atoms with Crippen molar-refractivity contribution < 1.29 is 4.79 Å². The monoisotopic (exact) mass is 310 g/mol. The van der Waals surface area contributed by atoms with E-state index in [1.807, 2.05) is 18.2 Å². The maximum absolute atomic E-state index is 11.9. The number of amides is 1. The Morgan fingerprint density at radius 3 is 3.00 bits per heavy atom. The molecule has 1 aromatic carbocycles. The van der Waals surface area contributed by atoms with E-state index in [0.717, 1.165) is 14.6 Å². The van der Waals surface area contributed by atoms with Crippen LogP contribution in [0.15, 0.2) is 35.3 Å². The highest BCUT2D eigenvalue weighted by molar-refractivity contribution is 9.10. The number of nitrogen functional groups attached to an aromatic ring is 1. The second-order valence-electron chi connectivity index (χ2n) is 3.46. The Balaban J connectivity index is 2.49. The zero-order chi connectivity index (χ0) is 12.4. The molecule has 1 heterocycles. The number of halogens is 1. The first-order valence-corrected chi connectivity index (χ1v) is 6.61. The molecular weight excluding hydrogens is 300 g/mol. The van der Waals surface area contributed by atoms with Crippen molar-refractivity contribution in [2.24, 2.45) is 0 Å². The minimum absolute atomic E-state index is 0.157. The summed E-state index contributed by atoms with van der Waals surface area (Å²) in [6.07, 6.45) is 1.64. The summed E-state index contributed by atoms with van der Waals surface area (Å²) in [5.41, 5.74) is 6.53. The summed E-state index contributed by atoms with van der Waals surface area (Å²) in [5.74, 6) is -0.157. The van der Waals surface area contributed by atoms with Crippen molar-refractivity contribution in [2.75, 3.05) is 12.3 Å². The number of fused-ring (bicyclic) bond motifs is 1. The molecule has 3 N–H and O–H groups in total. The van der Waals surface area contributed by atoms with Crippen LogP contribution in [0.3, 0.4) is 0 Å².